The van der Waals surface area contributed by atoms with Crippen LogP contribution in [-0.4, -0.2) is 34.1 Å². The highest BCUT2D eigenvalue weighted by atomic mass is 16.4. The minimum Gasteiger partial charge on any atom is -0.481 e. The molecule has 112 valence electrons. The van der Waals surface area contributed by atoms with Gasteiger partial charge in [0.05, 0.1) is 5.92 Å². The van der Waals surface area contributed by atoms with Crippen molar-refractivity contribution < 1.29 is 14.7 Å². The molecule has 21 heavy (non-hydrogen) atoms. The lowest BCUT2D eigenvalue weighted by molar-refractivity contribution is -0.142. The molecule has 5 nitrogen and oxygen atoms in total. The normalized spacial score (nSPS) is 27.0. The van der Waals surface area contributed by atoms with Gasteiger partial charge in [-0.05, 0) is 56.4 Å². The number of carboxylic acid groups (broad SMARTS) is 1. The molecular formula is C16H20N2O3. The van der Waals surface area contributed by atoms with Gasteiger partial charge in [-0.15, -0.1) is 0 Å². The highest BCUT2D eigenvalue weighted by Gasteiger charge is 2.51. The Kier molecular flexibility index (Phi) is 3.35. The maximum absolute atomic E-state index is 12.5. The van der Waals surface area contributed by atoms with Crippen molar-refractivity contribution in [2.45, 2.75) is 45.2 Å². The molecular weight excluding hydrogens is 268 g/mol. The number of nitrogens with one attached hydrogen (secondary N) is 1. The lowest BCUT2D eigenvalue weighted by Gasteiger charge is -2.23. The monoisotopic (exact) mass is 288 g/mol. The number of nitrogens with zero attached hydrogens (tertiary/aromatic N) is 1. The van der Waals surface area contributed by atoms with Crippen molar-refractivity contribution in [1.29, 1.82) is 0 Å². The molecule has 1 aromatic rings. The molecule has 0 saturated carbocycles. The van der Waals surface area contributed by atoms with Gasteiger partial charge in [0.15, 0.2) is 0 Å². The summed E-state index contributed by atoms with van der Waals surface area (Å²) in [4.78, 5) is 25.4. The Morgan fingerprint density at radius 1 is 1.24 bits per heavy atom. The third-order valence-corrected chi connectivity index (χ3v) is 4.85. The van der Waals surface area contributed by atoms with Gasteiger partial charge in [-0.2, -0.15) is 0 Å². The number of anilines is 1. The molecule has 2 amide bonds. The quantitative estimate of drug-likeness (QED) is 0.879. The standard InChI is InChI=1S/C16H20N2O3/c1-9-3-4-11(7-10(9)2)17-16(21)18-12-5-6-14(18)13(8-12)15(19)20/h3-4,7,12-14H,5-6,8H2,1-2H3,(H,17,21)(H,19,20). The van der Waals surface area contributed by atoms with Gasteiger partial charge in [-0.3, -0.25) is 4.79 Å². The van der Waals surface area contributed by atoms with Crippen LogP contribution in [0.15, 0.2) is 18.2 Å². The predicted octanol–water partition coefficient (Wildman–Crippen LogP) is 2.77. The van der Waals surface area contributed by atoms with Crippen LogP contribution in [0.3, 0.4) is 0 Å². The van der Waals surface area contributed by atoms with Crippen LogP contribution in [0.2, 0.25) is 0 Å². The number of amides is 2. The first kappa shape index (κ1) is 13.9. The molecule has 0 radical (unpaired) electrons. The molecule has 2 fully saturated rings. The van der Waals surface area contributed by atoms with E-state index in [1.807, 2.05) is 32.0 Å². The molecule has 1 aromatic carbocycles. The summed E-state index contributed by atoms with van der Waals surface area (Å²) in [6.45, 7) is 4.03. The van der Waals surface area contributed by atoms with Crippen LogP contribution in [0.5, 0.6) is 0 Å². The van der Waals surface area contributed by atoms with Gasteiger partial charge < -0.3 is 15.3 Å². The molecule has 2 bridgehead atoms. The second-order valence-corrected chi connectivity index (χ2v) is 6.12. The third-order valence-electron chi connectivity index (χ3n) is 4.85. The number of rotatable bonds is 2. The van der Waals surface area contributed by atoms with E-state index in [1.54, 1.807) is 4.90 Å². The van der Waals surface area contributed by atoms with Crippen molar-refractivity contribution >= 4 is 17.7 Å². The number of hydrogen-bond acceptors (Lipinski definition) is 2. The van der Waals surface area contributed by atoms with Crippen molar-refractivity contribution in [1.82, 2.24) is 4.90 Å². The summed E-state index contributed by atoms with van der Waals surface area (Å²) in [5.74, 6) is -1.19. The van der Waals surface area contributed by atoms with E-state index in [1.165, 1.54) is 5.56 Å². The van der Waals surface area contributed by atoms with E-state index in [0.29, 0.717) is 6.42 Å². The Morgan fingerprint density at radius 3 is 2.62 bits per heavy atom. The van der Waals surface area contributed by atoms with Gasteiger partial charge >= 0.3 is 12.0 Å². The van der Waals surface area contributed by atoms with Crippen molar-refractivity contribution in [3.63, 3.8) is 0 Å². The first-order chi connectivity index (χ1) is 9.97. The first-order valence-corrected chi connectivity index (χ1v) is 7.36. The zero-order valence-corrected chi connectivity index (χ0v) is 12.3. The summed E-state index contributed by atoms with van der Waals surface area (Å²) in [6.07, 6.45) is 2.29. The molecule has 3 unspecified atom stereocenters. The fourth-order valence-corrected chi connectivity index (χ4v) is 3.58. The molecule has 0 aromatic heterocycles. The summed E-state index contributed by atoms with van der Waals surface area (Å²) < 4.78 is 0. The zero-order valence-electron chi connectivity index (χ0n) is 12.3. The minimum atomic E-state index is -0.786. The van der Waals surface area contributed by atoms with E-state index in [0.717, 1.165) is 24.1 Å². The average molecular weight is 288 g/mol. The Labute approximate surface area is 123 Å². The average Bonchev–Trinajstić information content (AvgIpc) is 3.00. The number of carbonyl (C=O) groups is 2. The number of carboxylic acids is 1. The molecule has 2 saturated heterocycles. The number of urea groups is 1. The molecule has 2 N–H and O–H groups in total. The number of carbonyl (C=O) groups excluding carboxylic acids is 1. The van der Waals surface area contributed by atoms with Crippen LogP contribution in [0.1, 0.15) is 30.4 Å². The number of aryl methyl sites for hydroxylation is 2. The van der Waals surface area contributed by atoms with E-state index in [-0.39, 0.29) is 18.1 Å². The van der Waals surface area contributed by atoms with Crippen molar-refractivity contribution in [2.75, 3.05) is 5.32 Å². The third kappa shape index (κ3) is 2.37. The molecule has 0 aliphatic carbocycles. The van der Waals surface area contributed by atoms with Gasteiger partial charge in [0.2, 0.25) is 0 Å². The molecule has 2 heterocycles. The number of benzene rings is 1. The number of fused-ring (bicyclic) bond motifs is 2. The van der Waals surface area contributed by atoms with Gasteiger partial charge in [-0.25, -0.2) is 4.79 Å². The molecule has 5 heteroatoms. The summed E-state index contributed by atoms with van der Waals surface area (Å²) in [7, 11) is 0. The molecule has 0 spiro atoms. The molecule has 2 aliphatic rings. The smallest absolute Gasteiger partial charge is 0.322 e. The topological polar surface area (TPSA) is 69.6 Å². The van der Waals surface area contributed by atoms with Crippen LogP contribution < -0.4 is 5.32 Å². The highest BCUT2D eigenvalue weighted by Crippen LogP contribution is 2.42. The van der Waals surface area contributed by atoms with E-state index in [9.17, 15) is 14.7 Å². The molecule has 2 aliphatic heterocycles. The Hall–Kier alpha value is -2.04. The van der Waals surface area contributed by atoms with Crippen LogP contribution in [0.25, 0.3) is 0 Å². The Bertz CT molecular complexity index is 599. The highest BCUT2D eigenvalue weighted by molar-refractivity contribution is 5.91. The fourth-order valence-electron chi connectivity index (χ4n) is 3.58. The summed E-state index contributed by atoms with van der Waals surface area (Å²) >= 11 is 0. The predicted molar refractivity (Wildman–Crippen MR) is 79.3 cm³/mol. The molecule has 3 rings (SSSR count). The van der Waals surface area contributed by atoms with Crippen LogP contribution in [0, 0.1) is 19.8 Å². The van der Waals surface area contributed by atoms with Crippen molar-refractivity contribution in [2.24, 2.45) is 5.92 Å². The summed E-state index contributed by atoms with van der Waals surface area (Å²) in [5, 5.41) is 12.1. The van der Waals surface area contributed by atoms with Gasteiger partial charge in [-0.1, -0.05) is 6.07 Å². The molecule has 3 atom stereocenters. The minimum absolute atomic E-state index is 0.0719. The SMILES string of the molecule is Cc1ccc(NC(=O)N2C3CCC2C(C(=O)O)C3)cc1C. The van der Waals surface area contributed by atoms with E-state index >= 15 is 0 Å². The van der Waals surface area contributed by atoms with E-state index in [2.05, 4.69) is 5.32 Å². The summed E-state index contributed by atoms with van der Waals surface area (Å²) in [6, 6.07) is 5.55. The summed E-state index contributed by atoms with van der Waals surface area (Å²) in [5.41, 5.74) is 3.07. The zero-order chi connectivity index (χ0) is 15.1. The van der Waals surface area contributed by atoms with Crippen molar-refractivity contribution in [3.05, 3.63) is 29.3 Å². The van der Waals surface area contributed by atoms with Crippen LogP contribution in [0.4, 0.5) is 10.5 Å². The van der Waals surface area contributed by atoms with E-state index in [4.69, 9.17) is 0 Å². The lowest BCUT2D eigenvalue weighted by Crippen LogP contribution is -2.40. The second-order valence-electron chi connectivity index (χ2n) is 6.12. The number of hydrogen-bond donors (Lipinski definition) is 2. The van der Waals surface area contributed by atoms with Crippen LogP contribution >= 0.6 is 0 Å². The van der Waals surface area contributed by atoms with Gasteiger partial charge in [0.1, 0.15) is 0 Å². The maximum atomic E-state index is 12.5. The van der Waals surface area contributed by atoms with Gasteiger partial charge in [0.25, 0.3) is 0 Å². The largest absolute Gasteiger partial charge is 0.481 e. The first-order valence-electron chi connectivity index (χ1n) is 7.36. The fraction of sp³-hybridized carbons (Fsp3) is 0.500. The lowest BCUT2D eigenvalue weighted by atomic mass is 9.89. The van der Waals surface area contributed by atoms with E-state index < -0.39 is 11.9 Å². The van der Waals surface area contributed by atoms with Crippen LogP contribution in [-0.2, 0) is 4.79 Å². The Morgan fingerprint density at radius 2 is 2.00 bits per heavy atom. The second kappa shape index (κ2) is 5.06. The number of aliphatic carboxylic acids is 1. The maximum Gasteiger partial charge on any atom is 0.322 e. The Balaban J connectivity index is 1.74. The van der Waals surface area contributed by atoms with Gasteiger partial charge in [0, 0.05) is 17.8 Å². The van der Waals surface area contributed by atoms with Crippen molar-refractivity contribution in [3.8, 4) is 0 Å².